The van der Waals surface area contributed by atoms with Gasteiger partial charge < -0.3 is 39.0 Å². The lowest BCUT2D eigenvalue weighted by molar-refractivity contribution is -0.0179. The molecule has 5 rings (SSSR count). The average molecular weight is 615 g/mol. The van der Waals surface area contributed by atoms with E-state index in [2.05, 4.69) is 5.32 Å². The predicted octanol–water partition coefficient (Wildman–Crippen LogP) is 5.38. The molecule has 0 spiro atoms. The van der Waals surface area contributed by atoms with Gasteiger partial charge in [-0.2, -0.15) is 0 Å². The molecular formula is C35H42N4O6. The fourth-order valence-electron chi connectivity index (χ4n) is 5.99. The summed E-state index contributed by atoms with van der Waals surface area (Å²) in [6.07, 6.45) is -0.425. The van der Waals surface area contributed by atoms with Gasteiger partial charge in [0, 0.05) is 55.6 Å². The molecule has 0 aliphatic carbocycles. The fraction of sp³-hybridized carbons (Fsp3) is 0.371. The number of hydrogen-bond acceptors (Lipinski definition) is 6. The van der Waals surface area contributed by atoms with Crippen molar-refractivity contribution in [2.24, 2.45) is 13.0 Å². The van der Waals surface area contributed by atoms with Crippen molar-refractivity contribution in [1.29, 1.82) is 0 Å². The summed E-state index contributed by atoms with van der Waals surface area (Å²) in [6, 6.07) is 20.4. The highest BCUT2D eigenvalue weighted by atomic mass is 16.5. The molecule has 3 amide bonds. The van der Waals surface area contributed by atoms with Crippen LogP contribution in [0.15, 0.2) is 66.7 Å². The van der Waals surface area contributed by atoms with E-state index in [0.29, 0.717) is 36.0 Å². The number of ether oxygens (including phenoxy) is 3. The number of likely N-dealkylation sites (N-methyl/N-ethyl adjacent to an activating group) is 1. The van der Waals surface area contributed by atoms with E-state index in [1.165, 1.54) is 7.11 Å². The third-order valence-corrected chi connectivity index (χ3v) is 8.68. The van der Waals surface area contributed by atoms with Gasteiger partial charge in [0.05, 0.1) is 45.3 Å². The number of aliphatic hydroxyl groups is 1. The van der Waals surface area contributed by atoms with Gasteiger partial charge in [-0.25, -0.2) is 4.79 Å². The van der Waals surface area contributed by atoms with E-state index >= 15 is 0 Å². The molecule has 45 heavy (non-hydrogen) atoms. The van der Waals surface area contributed by atoms with E-state index in [1.807, 2.05) is 74.0 Å². The minimum Gasteiger partial charge on any atom is -0.497 e. The molecule has 10 heteroatoms. The number of nitrogens with one attached hydrogen (secondary N) is 1. The summed E-state index contributed by atoms with van der Waals surface area (Å²) in [7, 11) is 6.73. The summed E-state index contributed by atoms with van der Waals surface area (Å²) in [5, 5.41) is 14.1. The summed E-state index contributed by atoms with van der Waals surface area (Å²) in [6.45, 7) is 4.55. The highest BCUT2D eigenvalue weighted by Crippen LogP contribution is 2.38. The second-order valence-corrected chi connectivity index (χ2v) is 11.6. The molecule has 238 valence electrons. The van der Waals surface area contributed by atoms with Gasteiger partial charge in [0.1, 0.15) is 17.2 Å². The zero-order valence-corrected chi connectivity index (χ0v) is 26.7. The number of aliphatic hydroxyl groups excluding tert-OH is 1. The molecule has 0 radical (unpaired) electrons. The van der Waals surface area contributed by atoms with Crippen molar-refractivity contribution in [2.75, 3.05) is 46.3 Å². The average Bonchev–Trinajstić information content (AvgIpc) is 3.35. The summed E-state index contributed by atoms with van der Waals surface area (Å²) in [5.41, 5.74) is 4.74. The first-order valence-corrected chi connectivity index (χ1v) is 15.1. The van der Waals surface area contributed by atoms with Crippen LogP contribution in [0.25, 0.3) is 22.0 Å². The first kappa shape index (κ1) is 31.9. The van der Waals surface area contributed by atoms with Crippen molar-refractivity contribution in [2.45, 2.75) is 32.6 Å². The van der Waals surface area contributed by atoms with Gasteiger partial charge in [-0.15, -0.1) is 0 Å². The lowest BCUT2D eigenvalue weighted by Gasteiger charge is -2.35. The smallest absolute Gasteiger partial charge is 0.321 e. The van der Waals surface area contributed by atoms with Crippen molar-refractivity contribution in [1.82, 2.24) is 14.4 Å². The van der Waals surface area contributed by atoms with Crippen molar-refractivity contribution in [3.8, 4) is 22.6 Å². The number of amides is 3. The fourth-order valence-corrected chi connectivity index (χ4v) is 5.99. The summed E-state index contributed by atoms with van der Waals surface area (Å²) in [4.78, 5) is 31.2. The quantitative estimate of drug-likeness (QED) is 0.290. The Morgan fingerprint density at radius 3 is 2.58 bits per heavy atom. The number of methoxy groups -OCH3 is 2. The van der Waals surface area contributed by atoms with Crippen molar-refractivity contribution >= 4 is 28.5 Å². The van der Waals surface area contributed by atoms with Gasteiger partial charge in [-0.3, -0.25) is 4.79 Å². The normalized spacial score (nSPS) is 17.6. The molecule has 0 unspecified atom stereocenters. The number of urea groups is 1. The molecule has 0 saturated carbocycles. The molecule has 4 aromatic rings. The number of aryl methyl sites for hydroxylation is 1. The van der Waals surface area contributed by atoms with E-state index in [9.17, 15) is 14.7 Å². The molecule has 1 aliphatic heterocycles. The van der Waals surface area contributed by atoms with Crippen LogP contribution in [0.1, 0.15) is 29.9 Å². The van der Waals surface area contributed by atoms with Crippen molar-refractivity contribution in [3.63, 3.8) is 0 Å². The number of para-hydroxylation sites is 1. The van der Waals surface area contributed by atoms with Crippen LogP contribution < -0.4 is 14.8 Å². The first-order chi connectivity index (χ1) is 21.7. The molecular weight excluding hydrogens is 572 g/mol. The van der Waals surface area contributed by atoms with Gasteiger partial charge in [0.25, 0.3) is 5.91 Å². The lowest BCUT2D eigenvalue weighted by atomic mass is 9.96. The Hall–Kier alpha value is -4.54. The van der Waals surface area contributed by atoms with Crippen LogP contribution in [0.5, 0.6) is 11.5 Å². The Bertz CT molecular complexity index is 1680. The van der Waals surface area contributed by atoms with Gasteiger partial charge in [-0.05, 0) is 36.2 Å². The molecule has 3 atom stereocenters. The number of rotatable bonds is 7. The zero-order valence-electron chi connectivity index (χ0n) is 26.7. The van der Waals surface area contributed by atoms with Gasteiger partial charge in [0.2, 0.25) is 0 Å². The monoisotopic (exact) mass is 614 g/mol. The largest absolute Gasteiger partial charge is 0.497 e. The van der Waals surface area contributed by atoms with Crippen molar-refractivity contribution in [3.05, 3.63) is 78.0 Å². The van der Waals surface area contributed by atoms with E-state index in [0.717, 1.165) is 27.6 Å². The Morgan fingerprint density at radius 2 is 1.84 bits per heavy atom. The number of anilines is 1. The second kappa shape index (κ2) is 13.6. The lowest BCUT2D eigenvalue weighted by Crippen LogP contribution is -2.48. The van der Waals surface area contributed by atoms with Crippen LogP contribution in [0.2, 0.25) is 0 Å². The third-order valence-electron chi connectivity index (χ3n) is 8.68. The molecule has 0 fully saturated rings. The predicted molar refractivity (Wildman–Crippen MR) is 175 cm³/mol. The number of benzene rings is 3. The Balaban J connectivity index is 1.50. The highest BCUT2D eigenvalue weighted by Gasteiger charge is 2.34. The maximum atomic E-state index is 14.5. The van der Waals surface area contributed by atoms with Crippen LogP contribution in [-0.4, -0.2) is 84.5 Å². The molecule has 1 aliphatic rings. The number of hydrogen-bond donors (Lipinski definition) is 2. The molecule has 3 aromatic carbocycles. The maximum Gasteiger partial charge on any atom is 0.321 e. The Kier molecular flexibility index (Phi) is 9.65. The number of nitrogens with zero attached hydrogens (tertiary/aromatic N) is 3. The topological polar surface area (TPSA) is 106 Å². The van der Waals surface area contributed by atoms with Gasteiger partial charge in [0.15, 0.2) is 0 Å². The number of carbonyl (C=O) groups is 2. The van der Waals surface area contributed by atoms with Crippen LogP contribution in [0.3, 0.4) is 0 Å². The minimum absolute atomic E-state index is 0.162. The molecule has 0 saturated heterocycles. The second-order valence-electron chi connectivity index (χ2n) is 11.6. The van der Waals surface area contributed by atoms with Crippen LogP contribution in [-0.2, 0) is 18.4 Å². The zero-order chi connectivity index (χ0) is 32.2. The Labute approximate surface area is 264 Å². The highest BCUT2D eigenvalue weighted by molar-refractivity contribution is 6.10. The van der Waals surface area contributed by atoms with E-state index in [4.69, 9.17) is 14.2 Å². The standard InChI is InChI=1S/C35H42N4O6/c1-22-18-39(23(2)20-40)34(41)33-32(27-13-9-10-14-29(27)38(33)4)26-12-8-7-11-24(26)21-45-31(22)19-37(3)35(42)36-28-16-15-25(43-5)17-30(28)44-6/h7-17,22-23,31,40H,18-21H2,1-6H3,(H,36,42)/t22-,23-,31+/m0/s1. The summed E-state index contributed by atoms with van der Waals surface area (Å²) >= 11 is 0. The molecule has 2 heterocycles. The number of fused-ring (bicyclic) bond motifs is 5. The van der Waals surface area contributed by atoms with Gasteiger partial charge in [-0.1, -0.05) is 49.4 Å². The summed E-state index contributed by atoms with van der Waals surface area (Å²) in [5.74, 6) is 0.748. The maximum absolute atomic E-state index is 14.5. The molecule has 1 aromatic heterocycles. The van der Waals surface area contributed by atoms with Crippen molar-refractivity contribution < 1.29 is 28.9 Å². The van der Waals surface area contributed by atoms with E-state index < -0.39 is 12.1 Å². The van der Waals surface area contributed by atoms with Crippen LogP contribution in [0, 0.1) is 5.92 Å². The molecule has 2 N–H and O–H groups in total. The number of carbonyl (C=O) groups excluding carboxylic acids is 2. The van der Waals surface area contributed by atoms with E-state index in [1.54, 1.807) is 42.2 Å². The molecule has 0 bridgehead atoms. The van der Waals surface area contributed by atoms with Crippen LogP contribution >= 0.6 is 0 Å². The first-order valence-electron chi connectivity index (χ1n) is 15.1. The van der Waals surface area contributed by atoms with Crippen LogP contribution in [0.4, 0.5) is 10.5 Å². The SMILES string of the molecule is COc1ccc(NC(=O)N(C)C[C@H]2OCc3ccccc3-c3c(n(C)c4ccccc34)C(=O)N([C@@H](C)CO)C[C@@H]2C)c(OC)c1. The van der Waals surface area contributed by atoms with E-state index in [-0.39, 0.29) is 31.0 Å². The van der Waals surface area contributed by atoms with Gasteiger partial charge >= 0.3 is 6.03 Å². The number of aromatic nitrogens is 1. The third kappa shape index (κ3) is 6.34. The molecule has 10 nitrogen and oxygen atoms in total. The summed E-state index contributed by atoms with van der Waals surface area (Å²) < 4.78 is 19.3. The minimum atomic E-state index is -0.439. The Morgan fingerprint density at radius 1 is 1.11 bits per heavy atom.